The number of hydrogen-bond donors (Lipinski definition) is 1. The van der Waals surface area contributed by atoms with E-state index in [0.29, 0.717) is 5.82 Å². The number of aryl methyl sites for hydroxylation is 1. The second kappa shape index (κ2) is 11.6. The van der Waals surface area contributed by atoms with Crippen LogP contribution in [-0.4, -0.2) is 72.9 Å². The molecular formula is C33H40N8. The number of likely N-dealkylation sites (tertiary alicyclic amines) is 2. The molecule has 5 heterocycles. The van der Waals surface area contributed by atoms with Crippen molar-refractivity contribution in [3.05, 3.63) is 78.4 Å². The summed E-state index contributed by atoms with van der Waals surface area (Å²) < 4.78 is 4.01. The number of rotatable bonds is 9. The highest BCUT2D eigenvalue weighted by molar-refractivity contribution is 5.92. The van der Waals surface area contributed by atoms with Crippen LogP contribution in [0.3, 0.4) is 0 Å². The molecule has 2 N–H and O–H groups in total. The van der Waals surface area contributed by atoms with Crippen molar-refractivity contribution in [1.82, 2.24) is 34.2 Å². The molecule has 2 aliphatic heterocycles. The van der Waals surface area contributed by atoms with Crippen LogP contribution in [-0.2, 0) is 13.0 Å². The minimum atomic E-state index is 0.511. The quantitative estimate of drug-likeness (QED) is 0.253. The summed E-state index contributed by atoms with van der Waals surface area (Å²) in [4.78, 5) is 9.73. The Morgan fingerprint density at radius 3 is 2.56 bits per heavy atom. The minimum Gasteiger partial charge on any atom is -0.382 e. The highest BCUT2D eigenvalue weighted by atomic mass is 15.3. The van der Waals surface area contributed by atoms with Gasteiger partial charge in [-0.2, -0.15) is 10.2 Å². The second-order valence-electron chi connectivity index (χ2n) is 11.8. The Labute approximate surface area is 241 Å². The molecule has 8 heteroatoms. The number of nitrogens with two attached hydrogens (primary N) is 1. The Morgan fingerprint density at radius 1 is 0.902 bits per heavy atom. The number of nitrogens with zero attached hydrogens (tertiary/aromatic N) is 7. The van der Waals surface area contributed by atoms with Crippen LogP contribution >= 0.6 is 0 Å². The average Bonchev–Trinajstić information content (AvgIpc) is 3.75. The van der Waals surface area contributed by atoms with Crippen molar-refractivity contribution in [3.8, 4) is 11.1 Å². The molecule has 212 valence electrons. The van der Waals surface area contributed by atoms with Crippen molar-refractivity contribution in [1.29, 1.82) is 0 Å². The molecule has 8 nitrogen and oxygen atoms in total. The van der Waals surface area contributed by atoms with Gasteiger partial charge in [-0.05, 0) is 101 Å². The number of piperidine rings is 1. The van der Waals surface area contributed by atoms with E-state index in [0.717, 1.165) is 53.0 Å². The first-order valence-corrected chi connectivity index (χ1v) is 15.3. The predicted octanol–water partition coefficient (Wildman–Crippen LogP) is 5.26. The standard InChI is InChI=1S/C33H40N8/c34-33-32-30(26-11-12-27-23-40(37-31(27)20-26)22-25-8-2-1-3-9-25)21-29(41(32)36-24-35-33)10-4-5-15-38-18-13-28(14-19-38)39-16-6-7-17-39/h1-3,8-9,11-12,20-21,23-24,28H,4-7,10,13-19,22H2,(H2,34,35,36). The first-order valence-electron chi connectivity index (χ1n) is 15.3. The summed E-state index contributed by atoms with van der Waals surface area (Å²) in [6, 6.07) is 20.0. The summed E-state index contributed by atoms with van der Waals surface area (Å²) >= 11 is 0. The number of nitrogen functional groups attached to an aromatic ring is 1. The lowest BCUT2D eigenvalue weighted by atomic mass is 10.0. The Balaban J connectivity index is 1.03. The van der Waals surface area contributed by atoms with Gasteiger partial charge in [0, 0.05) is 28.9 Å². The van der Waals surface area contributed by atoms with Gasteiger partial charge in [-0.25, -0.2) is 9.50 Å². The molecule has 3 aromatic heterocycles. The third kappa shape index (κ3) is 5.59. The van der Waals surface area contributed by atoms with Crippen molar-refractivity contribution >= 4 is 22.2 Å². The zero-order chi connectivity index (χ0) is 27.6. The second-order valence-corrected chi connectivity index (χ2v) is 11.8. The zero-order valence-electron chi connectivity index (χ0n) is 23.8. The Bertz CT molecular complexity index is 1610. The van der Waals surface area contributed by atoms with Crippen LogP contribution in [0, 0.1) is 0 Å². The van der Waals surface area contributed by atoms with E-state index in [1.54, 1.807) is 6.33 Å². The molecule has 0 amide bonds. The van der Waals surface area contributed by atoms with Gasteiger partial charge in [-0.3, -0.25) is 4.68 Å². The highest BCUT2D eigenvalue weighted by Gasteiger charge is 2.26. The van der Waals surface area contributed by atoms with E-state index in [4.69, 9.17) is 10.8 Å². The fourth-order valence-corrected chi connectivity index (χ4v) is 6.87. The lowest BCUT2D eigenvalue weighted by Crippen LogP contribution is -2.44. The number of hydrogen-bond acceptors (Lipinski definition) is 6. The van der Waals surface area contributed by atoms with Crippen molar-refractivity contribution in [3.63, 3.8) is 0 Å². The van der Waals surface area contributed by atoms with E-state index in [2.05, 4.69) is 74.6 Å². The molecule has 2 saturated heterocycles. The fraction of sp³-hybridized carbons (Fsp3) is 0.424. The van der Waals surface area contributed by atoms with E-state index in [9.17, 15) is 0 Å². The van der Waals surface area contributed by atoms with Crippen molar-refractivity contribution < 1.29 is 0 Å². The largest absolute Gasteiger partial charge is 0.382 e. The predicted molar refractivity (Wildman–Crippen MR) is 165 cm³/mol. The van der Waals surface area contributed by atoms with Gasteiger partial charge < -0.3 is 15.5 Å². The number of unbranched alkanes of at least 4 members (excludes halogenated alkanes) is 1. The van der Waals surface area contributed by atoms with Gasteiger partial charge >= 0.3 is 0 Å². The molecule has 2 fully saturated rings. The summed E-state index contributed by atoms with van der Waals surface area (Å²) in [7, 11) is 0. The van der Waals surface area contributed by atoms with Crippen molar-refractivity contribution in [2.45, 2.75) is 57.5 Å². The molecule has 2 aromatic carbocycles. The van der Waals surface area contributed by atoms with Crippen LogP contribution in [0.2, 0.25) is 0 Å². The Hall–Kier alpha value is -3.75. The Kier molecular flexibility index (Phi) is 7.42. The third-order valence-corrected chi connectivity index (χ3v) is 9.08. The summed E-state index contributed by atoms with van der Waals surface area (Å²) in [5.41, 5.74) is 12.9. The molecular weight excluding hydrogens is 508 g/mol. The van der Waals surface area contributed by atoms with Gasteiger partial charge in [0.25, 0.3) is 0 Å². The molecule has 0 unspecified atom stereocenters. The van der Waals surface area contributed by atoms with Crippen LogP contribution in [0.5, 0.6) is 0 Å². The molecule has 0 bridgehead atoms. The molecule has 0 aliphatic carbocycles. The van der Waals surface area contributed by atoms with Crippen molar-refractivity contribution in [2.75, 3.05) is 38.5 Å². The normalized spacial score (nSPS) is 17.3. The maximum absolute atomic E-state index is 6.42. The van der Waals surface area contributed by atoms with Crippen LogP contribution < -0.4 is 5.73 Å². The number of aromatic nitrogens is 5. The molecule has 0 saturated carbocycles. The van der Waals surface area contributed by atoms with E-state index >= 15 is 0 Å². The van der Waals surface area contributed by atoms with Gasteiger partial charge in [0.05, 0.1) is 12.1 Å². The van der Waals surface area contributed by atoms with Gasteiger partial charge in [0.15, 0.2) is 5.82 Å². The smallest absolute Gasteiger partial charge is 0.151 e. The molecule has 41 heavy (non-hydrogen) atoms. The molecule has 2 aliphatic rings. The molecule has 7 rings (SSSR count). The van der Waals surface area contributed by atoms with Crippen LogP contribution in [0.1, 0.15) is 49.8 Å². The summed E-state index contributed by atoms with van der Waals surface area (Å²) in [5, 5.41) is 10.6. The zero-order valence-corrected chi connectivity index (χ0v) is 23.8. The maximum Gasteiger partial charge on any atom is 0.151 e. The van der Waals surface area contributed by atoms with E-state index < -0.39 is 0 Å². The fourth-order valence-electron chi connectivity index (χ4n) is 6.87. The lowest BCUT2D eigenvalue weighted by Gasteiger charge is -2.36. The topological polar surface area (TPSA) is 80.5 Å². The molecule has 0 atom stereocenters. The highest BCUT2D eigenvalue weighted by Crippen LogP contribution is 2.32. The lowest BCUT2D eigenvalue weighted by molar-refractivity contribution is 0.126. The number of anilines is 1. The molecule has 0 spiro atoms. The third-order valence-electron chi connectivity index (χ3n) is 9.08. The van der Waals surface area contributed by atoms with Crippen LogP contribution in [0.15, 0.2) is 67.1 Å². The molecule has 0 radical (unpaired) electrons. The molecule has 5 aromatic rings. The van der Waals surface area contributed by atoms with Crippen molar-refractivity contribution in [2.24, 2.45) is 0 Å². The van der Waals surface area contributed by atoms with Crippen LogP contribution in [0.25, 0.3) is 27.5 Å². The summed E-state index contributed by atoms with van der Waals surface area (Å²) in [5.74, 6) is 0.511. The SMILES string of the molecule is Nc1ncnn2c(CCCCN3CCC(N4CCCC4)CC3)cc(-c3ccc4cn(Cc5ccccc5)nc4c3)c12. The summed E-state index contributed by atoms with van der Waals surface area (Å²) in [6.07, 6.45) is 12.4. The van der Waals surface area contributed by atoms with Gasteiger partial charge in [-0.1, -0.05) is 42.5 Å². The minimum absolute atomic E-state index is 0.511. The van der Waals surface area contributed by atoms with E-state index in [1.807, 2.05) is 15.3 Å². The Morgan fingerprint density at radius 2 is 1.73 bits per heavy atom. The van der Waals surface area contributed by atoms with Gasteiger partial charge in [0.2, 0.25) is 0 Å². The monoisotopic (exact) mass is 548 g/mol. The number of fused-ring (bicyclic) bond motifs is 2. The first kappa shape index (κ1) is 26.2. The maximum atomic E-state index is 6.42. The average molecular weight is 549 g/mol. The number of benzene rings is 2. The summed E-state index contributed by atoms with van der Waals surface area (Å²) in [6.45, 7) is 7.05. The van der Waals surface area contributed by atoms with E-state index in [1.165, 1.54) is 76.1 Å². The van der Waals surface area contributed by atoms with Crippen LogP contribution in [0.4, 0.5) is 5.82 Å². The van der Waals surface area contributed by atoms with Gasteiger partial charge in [-0.15, -0.1) is 0 Å². The first-order chi connectivity index (χ1) is 20.2. The van der Waals surface area contributed by atoms with Gasteiger partial charge in [0.1, 0.15) is 11.8 Å². The van der Waals surface area contributed by atoms with E-state index in [-0.39, 0.29) is 0 Å².